The lowest BCUT2D eigenvalue weighted by Gasteiger charge is -1.95. The molecule has 13 heavy (non-hydrogen) atoms. The van der Waals surface area contributed by atoms with Gasteiger partial charge in [-0.1, -0.05) is 0 Å². The second kappa shape index (κ2) is 3.18. The van der Waals surface area contributed by atoms with Gasteiger partial charge in [0.2, 0.25) is 0 Å². The summed E-state index contributed by atoms with van der Waals surface area (Å²) < 4.78 is 5.85. The van der Waals surface area contributed by atoms with E-state index >= 15 is 0 Å². The molecule has 0 aliphatic carbocycles. The van der Waals surface area contributed by atoms with Gasteiger partial charge in [0.15, 0.2) is 0 Å². The lowest BCUT2D eigenvalue weighted by Crippen LogP contribution is -1.98. The quantitative estimate of drug-likeness (QED) is 0.783. The first-order chi connectivity index (χ1) is 6.25. The molecule has 0 saturated carbocycles. The Balaban J connectivity index is 2.19. The van der Waals surface area contributed by atoms with Gasteiger partial charge in [0.1, 0.15) is 0 Å². The van der Waals surface area contributed by atoms with Crippen molar-refractivity contribution in [3.8, 4) is 0 Å². The molecular formula is C8H10N4S. The highest BCUT2D eigenvalue weighted by molar-refractivity contribution is 7.05. The lowest BCUT2D eigenvalue weighted by atomic mass is 10.4. The fourth-order valence-electron chi connectivity index (χ4n) is 1.10. The number of hydrogen-bond acceptors (Lipinski definition) is 4. The molecule has 0 radical (unpaired) electrons. The monoisotopic (exact) mass is 194 g/mol. The minimum absolute atomic E-state index is 0.740. The molecule has 0 bridgehead atoms. The summed E-state index contributed by atoms with van der Waals surface area (Å²) in [5, 5.41) is 4.26. The topological polar surface area (TPSA) is 56.7 Å². The molecule has 2 rings (SSSR count). The molecule has 0 unspecified atom stereocenters. The molecule has 0 aliphatic heterocycles. The number of nitrogens with two attached hydrogens (primary N) is 1. The van der Waals surface area contributed by atoms with Gasteiger partial charge in [-0.2, -0.15) is 5.10 Å². The molecule has 2 aromatic rings. The summed E-state index contributed by atoms with van der Waals surface area (Å²) in [5.41, 5.74) is 7.29. The molecule has 2 N–H and O–H groups in total. The van der Waals surface area contributed by atoms with Crippen LogP contribution in [0.3, 0.4) is 0 Å². The third-order valence-electron chi connectivity index (χ3n) is 1.79. The Morgan fingerprint density at radius 3 is 3.00 bits per heavy atom. The summed E-state index contributed by atoms with van der Waals surface area (Å²) in [5.74, 6) is 0. The Hall–Kier alpha value is -1.36. The number of aryl methyl sites for hydroxylation is 1. The van der Waals surface area contributed by atoms with Crippen LogP contribution in [-0.2, 0) is 6.54 Å². The van der Waals surface area contributed by atoms with Crippen molar-refractivity contribution in [2.75, 3.05) is 5.73 Å². The van der Waals surface area contributed by atoms with Gasteiger partial charge in [-0.05, 0) is 24.5 Å². The van der Waals surface area contributed by atoms with E-state index in [0.29, 0.717) is 0 Å². The van der Waals surface area contributed by atoms with Crippen molar-refractivity contribution in [3.63, 3.8) is 0 Å². The highest BCUT2D eigenvalue weighted by Crippen LogP contribution is 2.11. The van der Waals surface area contributed by atoms with E-state index in [4.69, 9.17) is 5.73 Å². The summed E-state index contributed by atoms with van der Waals surface area (Å²) in [6.07, 6.45) is 3.63. The molecule has 2 aromatic heterocycles. The van der Waals surface area contributed by atoms with Gasteiger partial charge < -0.3 is 5.73 Å². The smallest absolute Gasteiger partial charge is 0.0823 e. The van der Waals surface area contributed by atoms with Crippen molar-refractivity contribution >= 4 is 17.2 Å². The summed E-state index contributed by atoms with van der Waals surface area (Å²) >= 11 is 1.48. The molecule has 0 fully saturated rings. The zero-order chi connectivity index (χ0) is 9.26. The van der Waals surface area contributed by atoms with Gasteiger partial charge >= 0.3 is 0 Å². The number of anilines is 1. The Morgan fingerprint density at radius 1 is 1.62 bits per heavy atom. The van der Waals surface area contributed by atoms with E-state index in [0.717, 1.165) is 17.9 Å². The second-order valence-electron chi connectivity index (χ2n) is 2.85. The fraction of sp³-hybridized carbons (Fsp3) is 0.250. The van der Waals surface area contributed by atoms with Gasteiger partial charge in [0.25, 0.3) is 0 Å². The summed E-state index contributed by atoms with van der Waals surface area (Å²) in [7, 11) is 0. The van der Waals surface area contributed by atoms with Gasteiger partial charge in [0.05, 0.1) is 17.9 Å². The molecule has 0 amide bonds. The zero-order valence-corrected chi connectivity index (χ0v) is 8.08. The van der Waals surface area contributed by atoms with Gasteiger partial charge in [0, 0.05) is 17.3 Å². The Labute approximate surface area is 80.2 Å². The Kier molecular flexibility index (Phi) is 2.02. The SMILES string of the molecule is Cc1nn(Cc2ccns2)cc1N. The molecule has 5 heteroatoms. The summed E-state index contributed by atoms with van der Waals surface area (Å²) in [6.45, 7) is 2.65. The molecular weight excluding hydrogens is 184 g/mol. The highest BCUT2D eigenvalue weighted by Gasteiger charge is 2.01. The maximum atomic E-state index is 5.67. The Morgan fingerprint density at radius 2 is 2.46 bits per heavy atom. The van der Waals surface area contributed by atoms with Crippen LogP contribution in [0.4, 0.5) is 5.69 Å². The highest BCUT2D eigenvalue weighted by atomic mass is 32.1. The van der Waals surface area contributed by atoms with E-state index in [2.05, 4.69) is 9.47 Å². The van der Waals surface area contributed by atoms with Crippen molar-refractivity contribution in [2.45, 2.75) is 13.5 Å². The maximum absolute atomic E-state index is 5.67. The number of hydrogen-bond donors (Lipinski definition) is 1. The molecule has 2 heterocycles. The maximum Gasteiger partial charge on any atom is 0.0823 e. The lowest BCUT2D eigenvalue weighted by molar-refractivity contribution is 0.687. The second-order valence-corrected chi connectivity index (χ2v) is 3.76. The Bertz CT molecular complexity index is 371. The van der Waals surface area contributed by atoms with E-state index in [-0.39, 0.29) is 0 Å². The first-order valence-electron chi connectivity index (χ1n) is 3.95. The van der Waals surface area contributed by atoms with Crippen LogP contribution in [0, 0.1) is 6.92 Å². The van der Waals surface area contributed by atoms with Crippen LogP contribution < -0.4 is 5.73 Å². The van der Waals surface area contributed by atoms with Crippen molar-refractivity contribution in [1.82, 2.24) is 14.2 Å². The van der Waals surface area contributed by atoms with Crippen LogP contribution in [0.1, 0.15) is 10.6 Å². The molecule has 68 valence electrons. The van der Waals surface area contributed by atoms with Crippen LogP contribution in [-0.4, -0.2) is 14.2 Å². The third kappa shape index (κ3) is 1.70. The van der Waals surface area contributed by atoms with Crippen molar-refractivity contribution < 1.29 is 0 Å². The predicted octanol–water partition coefficient (Wildman–Crippen LogP) is 1.28. The molecule has 4 nitrogen and oxygen atoms in total. The predicted molar refractivity (Wildman–Crippen MR) is 52.6 cm³/mol. The molecule has 0 spiro atoms. The van der Waals surface area contributed by atoms with Gasteiger partial charge in [-0.25, -0.2) is 4.37 Å². The van der Waals surface area contributed by atoms with Crippen molar-refractivity contribution in [3.05, 3.63) is 29.0 Å². The summed E-state index contributed by atoms with van der Waals surface area (Å²) in [4.78, 5) is 1.18. The first-order valence-corrected chi connectivity index (χ1v) is 4.72. The number of rotatable bonds is 2. The van der Waals surface area contributed by atoms with E-state index in [1.54, 1.807) is 6.20 Å². The summed E-state index contributed by atoms with van der Waals surface area (Å²) in [6, 6.07) is 1.98. The van der Waals surface area contributed by atoms with E-state index < -0.39 is 0 Å². The minimum atomic E-state index is 0.740. The molecule has 0 atom stereocenters. The minimum Gasteiger partial charge on any atom is -0.396 e. The van der Waals surface area contributed by atoms with Crippen LogP contribution in [0.15, 0.2) is 18.5 Å². The van der Waals surface area contributed by atoms with Gasteiger partial charge in [-0.15, -0.1) is 0 Å². The number of aromatic nitrogens is 3. The van der Waals surface area contributed by atoms with Crippen LogP contribution in [0.5, 0.6) is 0 Å². The average molecular weight is 194 g/mol. The fourth-order valence-corrected chi connectivity index (χ4v) is 1.67. The standard InChI is InChI=1S/C8H10N4S/c1-6-8(9)5-12(11-6)4-7-2-3-10-13-7/h2-3,5H,4,9H2,1H3. The van der Waals surface area contributed by atoms with Gasteiger partial charge in [-0.3, -0.25) is 4.68 Å². The number of nitrogen functional groups attached to an aromatic ring is 1. The average Bonchev–Trinajstić information content (AvgIpc) is 2.64. The molecule has 0 aliphatic rings. The van der Waals surface area contributed by atoms with Crippen molar-refractivity contribution in [2.24, 2.45) is 0 Å². The van der Waals surface area contributed by atoms with E-state index in [1.165, 1.54) is 16.4 Å². The van der Waals surface area contributed by atoms with Crippen LogP contribution >= 0.6 is 11.5 Å². The van der Waals surface area contributed by atoms with Crippen LogP contribution in [0.2, 0.25) is 0 Å². The first kappa shape index (κ1) is 8.25. The zero-order valence-electron chi connectivity index (χ0n) is 7.27. The largest absolute Gasteiger partial charge is 0.396 e. The van der Waals surface area contributed by atoms with E-state index in [9.17, 15) is 0 Å². The third-order valence-corrected chi connectivity index (χ3v) is 2.52. The normalized spacial score (nSPS) is 10.5. The number of nitrogens with zero attached hydrogens (tertiary/aromatic N) is 3. The van der Waals surface area contributed by atoms with Crippen molar-refractivity contribution in [1.29, 1.82) is 0 Å². The molecule has 0 saturated heterocycles. The molecule has 0 aromatic carbocycles. The van der Waals surface area contributed by atoms with E-state index in [1.807, 2.05) is 23.9 Å². The van der Waals surface area contributed by atoms with Crippen LogP contribution in [0.25, 0.3) is 0 Å².